The Morgan fingerprint density at radius 2 is 2.06 bits per heavy atom. The van der Waals surface area contributed by atoms with Crippen molar-refractivity contribution in [2.75, 3.05) is 0 Å². The molecule has 0 spiro atoms. The van der Waals surface area contributed by atoms with Crippen molar-refractivity contribution in [1.82, 2.24) is 5.32 Å². The molecular weight excluding hydrogens is 198 g/mol. The van der Waals surface area contributed by atoms with Gasteiger partial charge in [0.15, 0.2) is 0 Å². The molecule has 16 heavy (non-hydrogen) atoms. The third kappa shape index (κ3) is 4.18. The van der Waals surface area contributed by atoms with E-state index in [-0.39, 0.29) is 11.9 Å². The third-order valence-corrected chi connectivity index (χ3v) is 2.44. The van der Waals surface area contributed by atoms with Gasteiger partial charge in [-0.25, -0.2) is 0 Å². The molecular formula is C14H17NO. The number of terminal acetylenes is 1. The summed E-state index contributed by atoms with van der Waals surface area (Å²) in [7, 11) is 0. The molecule has 1 N–H and O–H groups in total. The highest BCUT2D eigenvalue weighted by Crippen LogP contribution is 2.07. The van der Waals surface area contributed by atoms with E-state index in [9.17, 15) is 4.79 Å². The molecule has 0 saturated heterocycles. The molecule has 1 unspecified atom stereocenters. The van der Waals surface area contributed by atoms with Crippen LogP contribution in [0.3, 0.4) is 0 Å². The van der Waals surface area contributed by atoms with Crippen molar-refractivity contribution in [2.45, 2.75) is 32.7 Å². The van der Waals surface area contributed by atoms with E-state index in [1.165, 1.54) is 12.5 Å². The summed E-state index contributed by atoms with van der Waals surface area (Å²) in [5.74, 6) is 2.61. The van der Waals surface area contributed by atoms with Gasteiger partial charge in [0.2, 0.25) is 5.91 Å². The van der Waals surface area contributed by atoms with E-state index in [2.05, 4.69) is 11.2 Å². The van der Waals surface area contributed by atoms with Crippen LogP contribution in [0.15, 0.2) is 24.3 Å². The Labute approximate surface area is 97.1 Å². The Bertz CT molecular complexity index is 386. The second kappa shape index (κ2) is 5.97. The Kier molecular flexibility index (Phi) is 4.60. The minimum Gasteiger partial charge on any atom is -0.354 e. The number of nitrogens with one attached hydrogen (secondary N) is 1. The maximum Gasteiger partial charge on any atom is 0.217 e. The SMILES string of the molecule is C#Cc1ccc(CCC(C)NC(C)=O)cc1. The van der Waals surface area contributed by atoms with Crippen LogP contribution in [-0.2, 0) is 11.2 Å². The standard InChI is InChI=1S/C14H17NO/c1-4-13-7-9-14(10-8-13)6-5-11(2)15-12(3)16/h1,7-11H,5-6H2,2-3H3,(H,15,16). The van der Waals surface area contributed by atoms with Crippen molar-refractivity contribution in [3.63, 3.8) is 0 Å². The molecule has 1 aromatic carbocycles. The van der Waals surface area contributed by atoms with Gasteiger partial charge >= 0.3 is 0 Å². The number of hydrogen-bond donors (Lipinski definition) is 1. The van der Waals surface area contributed by atoms with Gasteiger partial charge in [-0.1, -0.05) is 18.1 Å². The number of aryl methyl sites for hydroxylation is 1. The first-order chi connectivity index (χ1) is 7.61. The Morgan fingerprint density at radius 1 is 1.44 bits per heavy atom. The van der Waals surface area contributed by atoms with Crippen molar-refractivity contribution < 1.29 is 4.79 Å². The Balaban J connectivity index is 2.43. The fraction of sp³-hybridized carbons (Fsp3) is 0.357. The summed E-state index contributed by atoms with van der Waals surface area (Å²) < 4.78 is 0. The van der Waals surface area contributed by atoms with Gasteiger partial charge in [-0.3, -0.25) is 4.79 Å². The number of carbonyl (C=O) groups excluding carboxylic acids is 1. The summed E-state index contributed by atoms with van der Waals surface area (Å²) in [6, 6.07) is 8.17. The molecule has 2 nitrogen and oxygen atoms in total. The second-order valence-electron chi connectivity index (χ2n) is 3.98. The third-order valence-electron chi connectivity index (χ3n) is 2.44. The van der Waals surface area contributed by atoms with Crippen molar-refractivity contribution in [3.05, 3.63) is 35.4 Å². The fourth-order valence-corrected chi connectivity index (χ4v) is 1.57. The molecule has 0 aromatic heterocycles. The molecule has 1 aromatic rings. The number of hydrogen-bond acceptors (Lipinski definition) is 1. The topological polar surface area (TPSA) is 29.1 Å². The maximum atomic E-state index is 10.8. The van der Waals surface area contributed by atoms with Gasteiger partial charge in [-0.15, -0.1) is 6.42 Å². The highest BCUT2D eigenvalue weighted by Gasteiger charge is 2.03. The first-order valence-corrected chi connectivity index (χ1v) is 5.44. The lowest BCUT2D eigenvalue weighted by Crippen LogP contribution is -2.30. The molecule has 0 aliphatic rings. The Morgan fingerprint density at radius 3 is 2.56 bits per heavy atom. The molecule has 0 fully saturated rings. The quantitative estimate of drug-likeness (QED) is 0.766. The summed E-state index contributed by atoms with van der Waals surface area (Å²) in [6.07, 6.45) is 7.17. The normalized spacial score (nSPS) is 11.6. The average molecular weight is 215 g/mol. The van der Waals surface area contributed by atoms with Crippen molar-refractivity contribution in [3.8, 4) is 12.3 Å². The van der Waals surface area contributed by atoms with Crippen LogP contribution < -0.4 is 5.32 Å². The van der Waals surface area contributed by atoms with Crippen LogP contribution in [0.5, 0.6) is 0 Å². The van der Waals surface area contributed by atoms with Gasteiger partial charge < -0.3 is 5.32 Å². The zero-order valence-electron chi connectivity index (χ0n) is 9.79. The molecule has 1 atom stereocenters. The molecule has 2 heteroatoms. The van der Waals surface area contributed by atoms with E-state index in [1.54, 1.807) is 0 Å². The average Bonchev–Trinajstić information content (AvgIpc) is 2.26. The van der Waals surface area contributed by atoms with Crippen LogP contribution in [0.1, 0.15) is 31.4 Å². The van der Waals surface area contributed by atoms with Gasteiger partial charge in [-0.05, 0) is 37.5 Å². The van der Waals surface area contributed by atoms with Crippen molar-refractivity contribution >= 4 is 5.91 Å². The maximum absolute atomic E-state index is 10.8. The first kappa shape index (κ1) is 12.3. The zero-order valence-corrected chi connectivity index (χ0v) is 9.79. The summed E-state index contributed by atoms with van der Waals surface area (Å²) in [6.45, 7) is 3.55. The van der Waals surface area contributed by atoms with E-state index < -0.39 is 0 Å². The van der Waals surface area contributed by atoms with Gasteiger partial charge in [0.1, 0.15) is 0 Å². The molecule has 0 heterocycles. The molecule has 0 aliphatic carbocycles. The molecule has 1 amide bonds. The molecule has 0 radical (unpaired) electrons. The molecule has 0 aliphatic heterocycles. The van der Waals surface area contributed by atoms with Gasteiger partial charge in [-0.2, -0.15) is 0 Å². The van der Waals surface area contributed by atoms with Gasteiger partial charge in [0, 0.05) is 18.5 Å². The molecule has 84 valence electrons. The van der Waals surface area contributed by atoms with Crippen molar-refractivity contribution in [2.24, 2.45) is 0 Å². The van der Waals surface area contributed by atoms with Crippen LogP contribution in [0.4, 0.5) is 0 Å². The lowest BCUT2D eigenvalue weighted by atomic mass is 10.0. The zero-order chi connectivity index (χ0) is 12.0. The van der Waals surface area contributed by atoms with Crippen LogP contribution in [0.25, 0.3) is 0 Å². The number of amides is 1. The molecule has 0 bridgehead atoms. The Hall–Kier alpha value is -1.75. The monoisotopic (exact) mass is 215 g/mol. The summed E-state index contributed by atoms with van der Waals surface area (Å²) in [5, 5.41) is 2.86. The molecule has 0 saturated carbocycles. The highest BCUT2D eigenvalue weighted by atomic mass is 16.1. The first-order valence-electron chi connectivity index (χ1n) is 5.44. The van der Waals surface area contributed by atoms with E-state index in [1.807, 2.05) is 31.2 Å². The van der Waals surface area contributed by atoms with E-state index >= 15 is 0 Å². The lowest BCUT2D eigenvalue weighted by Gasteiger charge is -2.11. The number of benzene rings is 1. The van der Waals surface area contributed by atoms with Gasteiger partial charge in [0.05, 0.1) is 0 Å². The summed E-state index contributed by atoms with van der Waals surface area (Å²) in [4.78, 5) is 10.8. The smallest absolute Gasteiger partial charge is 0.217 e. The summed E-state index contributed by atoms with van der Waals surface area (Å²) >= 11 is 0. The summed E-state index contributed by atoms with van der Waals surface area (Å²) in [5.41, 5.74) is 2.15. The van der Waals surface area contributed by atoms with Crippen molar-refractivity contribution in [1.29, 1.82) is 0 Å². The second-order valence-corrected chi connectivity index (χ2v) is 3.98. The van der Waals surface area contributed by atoms with E-state index in [4.69, 9.17) is 6.42 Å². The van der Waals surface area contributed by atoms with Gasteiger partial charge in [0.25, 0.3) is 0 Å². The largest absolute Gasteiger partial charge is 0.354 e. The minimum absolute atomic E-state index is 0.0233. The lowest BCUT2D eigenvalue weighted by molar-refractivity contribution is -0.119. The van der Waals surface area contributed by atoms with Crippen LogP contribution in [0, 0.1) is 12.3 Å². The number of rotatable bonds is 4. The number of carbonyl (C=O) groups is 1. The predicted molar refractivity (Wildman–Crippen MR) is 66.0 cm³/mol. The highest BCUT2D eigenvalue weighted by molar-refractivity contribution is 5.73. The van der Waals surface area contributed by atoms with Crippen LogP contribution >= 0.6 is 0 Å². The predicted octanol–water partition coefficient (Wildman–Crippen LogP) is 2.13. The molecule has 1 rings (SSSR count). The van der Waals surface area contributed by atoms with Crippen LogP contribution in [0.2, 0.25) is 0 Å². The fourth-order valence-electron chi connectivity index (χ4n) is 1.57. The van der Waals surface area contributed by atoms with E-state index in [0.717, 1.165) is 18.4 Å². The van der Waals surface area contributed by atoms with E-state index in [0.29, 0.717) is 0 Å². The minimum atomic E-state index is 0.0233. The van der Waals surface area contributed by atoms with Crippen LogP contribution in [-0.4, -0.2) is 11.9 Å².